The molecule has 35 heavy (non-hydrogen) atoms. The van der Waals surface area contributed by atoms with Crippen LogP contribution in [0.15, 0.2) is 96.5 Å². The van der Waals surface area contributed by atoms with Gasteiger partial charge in [0.15, 0.2) is 0 Å². The first-order chi connectivity index (χ1) is 17.1. The van der Waals surface area contributed by atoms with E-state index in [2.05, 4.69) is 11.1 Å². The maximum absolute atomic E-state index is 11.1. The van der Waals surface area contributed by atoms with E-state index in [1.807, 2.05) is 66.9 Å². The van der Waals surface area contributed by atoms with E-state index in [1.54, 1.807) is 28.3 Å². The maximum atomic E-state index is 11.1. The van der Waals surface area contributed by atoms with Crippen LogP contribution in [-0.2, 0) is 0 Å². The van der Waals surface area contributed by atoms with E-state index in [9.17, 15) is 15.4 Å². The number of nitrogens with zero attached hydrogens (tertiary/aromatic N) is 5. The number of allylic oxidation sites excluding steroid dienone is 1. The number of para-hydroxylation sites is 1. The molecule has 5 aromatic rings. The second-order valence-corrected chi connectivity index (χ2v) is 8.45. The summed E-state index contributed by atoms with van der Waals surface area (Å²) in [5.74, 6) is 0. The molecule has 3 aromatic carbocycles. The van der Waals surface area contributed by atoms with Crippen LogP contribution in [0.4, 0.5) is 5.69 Å². The molecule has 0 spiro atoms. The molecule has 7 nitrogen and oxygen atoms in total. The van der Waals surface area contributed by atoms with Gasteiger partial charge in [0, 0.05) is 40.4 Å². The number of thiazole rings is 1. The van der Waals surface area contributed by atoms with Crippen LogP contribution in [0.1, 0.15) is 10.6 Å². The monoisotopic (exact) mass is 475 g/mol. The molecule has 0 bridgehead atoms. The second kappa shape index (κ2) is 9.55. The Bertz CT molecular complexity index is 1580. The van der Waals surface area contributed by atoms with E-state index in [4.69, 9.17) is 5.10 Å². The summed E-state index contributed by atoms with van der Waals surface area (Å²) in [5.41, 5.74) is 4.96. The van der Waals surface area contributed by atoms with Crippen molar-refractivity contribution in [2.45, 2.75) is 0 Å². The van der Waals surface area contributed by atoms with E-state index in [-0.39, 0.29) is 5.69 Å². The van der Waals surface area contributed by atoms with Crippen molar-refractivity contribution in [3.63, 3.8) is 0 Å². The van der Waals surface area contributed by atoms with Crippen LogP contribution < -0.4 is 0 Å². The number of rotatable bonds is 6. The topological polar surface area (TPSA) is 97.6 Å². The molecular formula is C27H17N5O2S. The molecule has 0 aliphatic carbocycles. The summed E-state index contributed by atoms with van der Waals surface area (Å²) in [4.78, 5) is 15.3. The number of non-ortho nitro benzene ring substituents is 1. The fourth-order valence-electron chi connectivity index (χ4n) is 3.63. The minimum atomic E-state index is -0.438. The second-order valence-electron chi connectivity index (χ2n) is 7.59. The van der Waals surface area contributed by atoms with Crippen molar-refractivity contribution in [2.75, 3.05) is 0 Å². The van der Waals surface area contributed by atoms with Gasteiger partial charge in [0.25, 0.3) is 5.69 Å². The van der Waals surface area contributed by atoms with Gasteiger partial charge in [-0.1, -0.05) is 60.7 Å². The van der Waals surface area contributed by atoms with Crippen LogP contribution >= 0.6 is 11.3 Å². The number of hydrogen-bond donors (Lipinski definition) is 0. The summed E-state index contributed by atoms with van der Waals surface area (Å²) in [6.45, 7) is 0. The highest BCUT2D eigenvalue weighted by Crippen LogP contribution is 2.31. The number of nitriles is 1. The molecule has 0 radical (unpaired) electrons. The highest BCUT2D eigenvalue weighted by Gasteiger charge is 2.15. The van der Waals surface area contributed by atoms with Crippen LogP contribution in [-0.4, -0.2) is 19.7 Å². The van der Waals surface area contributed by atoms with Crippen molar-refractivity contribution in [1.29, 1.82) is 5.26 Å². The van der Waals surface area contributed by atoms with E-state index in [1.165, 1.54) is 23.5 Å². The Morgan fingerprint density at radius 3 is 2.43 bits per heavy atom. The largest absolute Gasteiger partial charge is 0.270 e. The zero-order valence-corrected chi connectivity index (χ0v) is 19.1. The molecule has 5 rings (SSSR count). The Morgan fingerprint density at radius 1 is 1.00 bits per heavy atom. The number of hydrogen-bond acceptors (Lipinski definition) is 6. The van der Waals surface area contributed by atoms with E-state index in [0.717, 1.165) is 22.5 Å². The Morgan fingerprint density at radius 2 is 1.71 bits per heavy atom. The third-order valence-corrected chi connectivity index (χ3v) is 6.19. The maximum Gasteiger partial charge on any atom is 0.270 e. The van der Waals surface area contributed by atoms with Gasteiger partial charge in [0.1, 0.15) is 11.1 Å². The fraction of sp³-hybridized carbons (Fsp3) is 0. The molecule has 0 fully saturated rings. The summed E-state index contributed by atoms with van der Waals surface area (Å²) >= 11 is 1.32. The number of nitro benzene ring substituents is 1. The predicted octanol–water partition coefficient (Wildman–Crippen LogP) is 6.64. The van der Waals surface area contributed by atoms with Crippen molar-refractivity contribution in [1.82, 2.24) is 14.8 Å². The molecular weight excluding hydrogens is 458 g/mol. The summed E-state index contributed by atoms with van der Waals surface area (Å²) in [7, 11) is 0. The van der Waals surface area contributed by atoms with Crippen LogP contribution in [0.3, 0.4) is 0 Å². The summed E-state index contributed by atoms with van der Waals surface area (Å²) in [6.07, 6.45) is 3.68. The molecule has 168 valence electrons. The minimum Gasteiger partial charge on any atom is -0.258 e. The lowest BCUT2D eigenvalue weighted by atomic mass is 10.1. The minimum absolute atomic E-state index is 0.00562. The van der Waals surface area contributed by atoms with Gasteiger partial charge in [0.2, 0.25) is 0 Å². The highest BCUT2D eigenvalue weighted by atomic mass is 32.1. The molecule has 0 aliphatic heterocycles. The lowest BCUT2D eigenvalue weighted by Crippen LogP contribution is -1.93. The first-order valence-electron chi connectivity index (χ1n) is 10.7. The van der Waals surface area contributed by atoms with Gasteiger partial charge in [-0.05, 0) is 18.2 Å². The first-order valence-corrected chi connectivity index (χ1v) is 11.5. The van der Waals surface area contributed by atoms with Gasteiger partial charge < -0.3 is 0 Å². The molecule has 0 aliphatic rings. The molecule has 2 heterocycles. The third-order valence-electron chi connectivity index (χ3n) is 5.32. The molecule has 8 heteroatoms. The van der Waals surface area contributed by atoms with Crippen molar-refractivity contribution in [3.05, 3.63) is 117 Å². The zero-order valence-electron chi connectivity index (χ0n) is 18.3. The van der Waals surface area contributed by atoms with E-state index < -0.39 is 4.92 Å². The number of aromatic nitrogens is 3. The van der Waals surface area contributed by atoms with Gasteiger partial charge in [-0.2, -0.15) is 10.4 Å². The SMILES string of the molecule is N#C/C(=C\c1cn(-c2ccccc2)nc1-c1ccccc1)c1nc(-c2cccc([N+](=O)[O-])c2)cs1. The average Bonchev–Trinajstić information content (AvgIpc) is 3.56. The molecule has 0 saturated heterocycles. The van der Waals surface area contributed by atoms with Crippen LogP contribution in [0.25, 0.3) is 39.9 Å². The average molecular weight is 476 g/mol. The predicted molar refractivity (Wildman–Crippen MR) is 137 cm³/mol. The van der Waals surface area contributed by atoms with E-state index in [0.29, 0.717) is 21.8 Å². The third kappa shape index (κ3) is 4.62. The Hall–Kier alpha value is -4.87. The molecule has 0 N–H and O–H groups in total. The summed E-state index contributed by atoms with van der Waals surface area (Å²) in [5, 5.41) is 28.2. The van der Waals surface area contributed by atoms with Crippen LogP contribution in [0.2, 0.25) is 0 Å². The molecule has 0 atom stereocenters. The normalized spacial score (nSPS) is 11.2. The molecule has 0 unspecified atom stereocenters. The van der Waals surface area contributed by atoms with E-state index >= 15 is 0 Å². The summed E-state index contributed by atoms with van der Waals surface area (Å²) in [6, 6.07) is 28.1. The lowest BCUT2D eigenvalue weighted by molar-refractivity contribution is -0.384. The van der Waals surface area contributed by atoms with Gasteiger partial charge in [0.05, 0.1) is 27.6 Å². The Balaban J connectivity index is 1.57. The van der Waals surface area contributed by atoms with Crippen molar-refractivity contribution in [3.8, 4) is 34.3 Å². The number of nitro groups is 1. The Labute approximate surface area is 205 Å². The lowest BCUT2D eigenvalue weighted by Gasteiger charge is -2.00. The van der Waals surface area contributed by atoms with Crippen LogP contribution in [0.5, 0.6) is 0 Å². The smallest absolute Gasteiger partial charge is 0.258 e. The van der Waals surface area contributed by atoms with Crippen molar-refractivity contribution >= 4 is 28.7 Å². The standard InChI is InChI=1S/C27H17N5O2S/c28-16-21(27-29-25(18-35-27)20-10-7-13-24(15-20)32(33)34)14-22-17-31(23-11-5-2-6-12-23)30-26(22)19-8-3-1-4-9-19/h1-15,17-18H/b21-14+. The van der Waals surface area contributed by atoms with Crippen molar-refractivity contribution in [2.24, 2.45) is 0 Å². The van der Waals surface area contributed by atoms with Crippen molar-refractivity contribution < 1.29 is 4.92 Å². The van der Waals surface area contributed by atoms with Gasteiger partial charge >= 0.3 is 0 Å². The fourth-order valence-corrected chi connectivity index (χ4v) is 4.43. The first kappa shape index (κ1) is 21.9. The van der Waals surface area contributed by atoms with Crippen LogP contribution in [0, 0.1) is 21.4 Å². The summed E-state index contributed by atoms with van der Waals surface area (Å²) < 4.78 is 1.79. The highest BCUT2D eigenvalue weighted by molar-refractivity contribution is 7.11. The Kier molecular flexibility index (Phi) is 5.99. The molecule has 0 saturated carbocycles. The quantitative estimate of drug-likeness (QED) is 0.156. The van der Waals surface area contributed by atoms with Gasteiger partial charge in [-0.15, -0.1) is 11.3 Å². The van der Waals surface area contributed by atoms with Gasteiger partial charge in [-0.3, -0.25) is 10.1 Å². The van der Waals surface area contributed by atoms with Gasteiger partial charge in [-0.25, -0.2) is 9.67 Å². The molecule has 2 aromatic heterocycles. The number of benzene rings is 3. The zero-order chi connectivity index (χ0) is 24.2. The molecule has 0 amide bonds.